The Hall–Kier alpha value is -3.43. The van der Waals surface area contributed by atoms with Crippen LogP contribution in [-0.2, 0) is 4.74 Å². The maximum Gasteiger partial charge on any atom is 0.229 e. The van der Waals surface area contributed by atoms with Gasteiger partial charge in [-0.05, 0) is 30.2 Å². The van der Waals surface area contributed by atoms with Crippen LogP contribution in [0.3, 0.4) is 0 Å². The molecule has 0 atom stereocenters. The number of aromatic nitrogens is 2. The van der Waals surface area contributed by atoms with Crippen LogP contribution in [0.25, 0.3) is 21.4 Å². The lowest BCUT2D eigenvalue weighted by atomic mass is 10.1. The Morgan fingerprint density at radius 1 is 1.00 bits per heavy atom. The maximum absolute atomic E-state index is 12.7. The zero-order valence-corrected chi connectivity index (χ0v) is 18.8. The quantitative estimate of drug-likeness (QED) is 0.476. The van der Waals surface area contributed by atoms with Crippen molar-refractivity contribution in [1.29, 1.82) is 0 Å². The van der Waals surface area contributed by atoms with E-state index in [1.54, 1.807) is 12.3 Å². The Bertz CT molecular complexity index is 1340. The van der Waals surface area contributed by atoms with Gasteiger partial charge >= 0.3 is 0 Å². The van der Waals surface area contributed by atoms with Crippen LogP contribution < -0.4 is 20.5 Å². The van der Waals surface area contributed by atoms with Gasteiger partial charge in [0, 0.05) is 55.1 Å². The molecular weight excluding hydrogens is 438 g/mol. The molecule has 168 valence electrons. The number of anilines is 4. The third kappa shape index (κ3) is 3.94. The summed E-state index contributed by atoms with van der Waals surface area (Å²) in [6.07, 6.45) is 2.99. The summed E-state index contributed by atoms with van der Waals surface area (Å²) in [7, 11) is 0. The molecule has 3 aromatic heterocycles. The van der Waals surface area contributed by atoms with Crippen LogP contribution in [0.2, 0.25) is 0 Å². The van der Waals surface area contributed by atoms with Crippen molar-refractivity contribution in [3.63, 3.8) is 0 Å². The second kappa shape index (κ2) is 8.49. The summed E-state index contributed by atoms with van der Waals surface area (Å²) in [5.41, 5.74) is 3.44. The summed E-state index contributed by atoms with van der Waals surface area (Å²) in [6, 6.07) is 11.5. The number of nitrogens with zero attached hydrogens (tertiary/aromatic N) is 4. The first kappa shape index (κ1) is 20.2. The second-order valence-corrected chi connectivity index (χ2v) is 9.02. The molecule has 8 nitrogen and oxygen atoms in total. The summed E-state index contributed by atoms with van der Waals surface area (Å²) in [4.78, 5) is 26.0. The number of benzene rings is 1. The van der Waals surface area contributed by atoms with E-state index >= 15 is 0 Å². The molecule has 0 bridgehead atoms. The van der Waals surface area contributed by atoms with Crippen LogP contribution in [0.15, 0.2) is 57.2 Å². The average molecular weight is 462 g/mol. The van der Waals surface area contributed by atoms with E-state index in [1.807, 2.05) is 35.7 Å². The van der Waals surface area contributed by atoms with E-state index < -0.39 is 0 Å². The number of morpholine rings is 1. The lowest BCUT2D eigenvalue weighted by molar-refractivity contribution is 0.121. The van der Waals surface area contributed by atoms with Crippen LogP contribution in [0, 0.1) is 0 Å². The van der Waals surface area contributed by atoms with E-state index in [0.717, 1.165) is 48.8 Å². The molecule has 2 fully saturated rings. The predicted octanol–water partition coefficient (Wildman–Crippen LogP) is 4.10. The highest BCUT2D eigenvalue weighted by atomic mass is 32.1. The molecule has 2 aliphatic rings. The number of thiophene rings is 1. The molecule has 2 aliphatic heterocycles. The van der Waals surface area contributed by atoms with Gasteiger partial charge in [-0.2, -0.15) is 4.98 Å². The third-order valence-corrected chi connectivity index (χ3v) is 7.00. The van der Waals surface area contributed by atoms with Crippen molar-refractivity contribution in [1.82, 2.24) is 9.97 Å². The smallest absolute Gasteiger partial charge is 0.229 e. The Labute approximate surface area is 194 Å². The molecule has 33 heavy (non-hydrogen) atoms. The van der Waals surface area contributed by atoms with Crippen molar-refractivity contribution in [3.05, 3.63) is 58.2 Å². The highest BCUT2D eigenvalue weighted by Crippen LogP contribution is 2.35. The van der Waals surface area contributed by atoms with Crippen molar-refractivity contribution in [2.24, 2.45) is 0 Å². The fraction of sp³-hybridized carbons (Fsp3) is 0.292. The minimum atomic E-state index is -0.00786. The lowest BCUT2D eigenvalue weighted by Gasteiger charge is -2.31. The molecule has 1 aromatic carbocycles. The molecule has 1 N–H and O–H groups in total. The topological polar surface area (TPSA) is 83.7 Å². The molecule has 5 heterocycles. The molecule has 0 amide bonds. The summed E-state index contributed by atoms with van der Waals surface area (Å²) in [5, 5.41) is 5.27. The number of fused-ring (bicyclic) bond motifs is 1. The van der Waals surface area contributed by atoms with Crippen molar-refractivity contribution in [2.75, 3.05) is 54.5 Å². The standard InChI is InChI=1S/C24H23N5O3S/c30-19-14-21(29-10-12-31-13-11-29)32-22-18(15-33-23(19)22)16-2-4-17(5-3-16)26-24-25-7-6-20(27-24)28-8-1-9-28/h2-7,14-15H,1,8-13H2,(H,25,26,27). The summed E-state index contributed by atoms with van der Waals surface area (Å²) in [6.45, 7) is 4.80. The van der Waals surface area contributed by atoms with Gasteiger partial charge in [0.2, 0.25) is 11.4 Å². The fourth-order valence-corrected chi connectivity index (χ4v) is 4.97. The van der Waals surface area contributed by atoms with Gasteiger partial charge < -0.3 is 24.3 Å². The molecule has 4 aromatic rings. The van der Waals surface area contributed by atoms with Crippen LogP contribution in [0.4, 0.5) is 23.3 Å². The first-order chi connectivity index (χ1) is 16.2. The van der Waals surface area contributed by atoms with Gasteiger partial charge in [0.25, 0.3) is 0 Å². The van der Waals surface area contributed by atoms with E-state index in [-0.39, 0.29) is 5.43 Å². The highest BCUT2D eigenvalue weighted by molar-refractivity contribution is 7.17. The monoisotopic (exact) mass is 461 g/mol. The SMILES string of the molecule is O=c1cc(N2CCOCC2)oc2c(-c3ccc(Nc4nccc(N5CCC5)n4)cc3)csc12. The van der Waals surface area contributed by atoms with E-state index in [4.69, 9.17) is 9.15 Å². The van der Waals surface area contributed by atoms with E-state index in [1.165, 1.54) is 17.8 Å². The zero-order chi connectivity index (χ0) is 22.2. The largest absolute Gasteiger partial charge is 0.439 e. The fourth-order valence-electron chi connectivity index (χ4n) is 4.06. The van der Waals surface area contributed by atoms with Crippen molar-refractivity contribution < 1.29 is 9.15 Å². The maximum atomic E-state index is 12.7. The molecule has 0 unspecified atom stereocenters. The Kier molecular flexibility index (Phi) is 5.20. The summed E-state index contributed by atoms with van der Waals surface area (Å²) >= 11 is 1.42. The molecular formula is C24H23N5O3S. The second-order valence-electron chi connectivity index (χ2n) is 8.14. The number of hydrogen-bond acceptors (Lipinski definition) is 9. The van der Waals surface area contributed by atoms with Gasteiger partial charge in [-0.25, -0.2) is 4.98 Å². The Morgan fingerprint density at radius 3 is 2.58 bits per heavy atom. The van der Waals surface area contributed by atoms with Gasteiger partial charge in [0.15, 0.2) is 11.5 Å². The molecule has 0 aliphatic carbocycles. The molecule has 0 spiro atoms. The zero-order valence-electron chi connectivity index (χ0n) is 18.0. The normalized spacial score (nSPS) is 16.1. The highest BCUT2D eigenvalue weighted by Gasteiger charge is 2.19. The van der Waals surface area contributed by atoms with Gasteiger partial charge in [0.05, 0.1) is 13.2 Å². The van der Waals surface area contributed by atoms with Crippen LogP contribution >= 0.6 is 11.3 Å². The average Bonchev–Trinajstić information content (AvgIpc) is 3.24. The van der Waals surface area contributed by atoms with E-state index in [0.29, 0.717) is 35.3 Å². The van der Waals surface area contributed by atoms with Crippen LogP contribution in [0.5, 0.6) is 0 Å². The first-order valence-electron chi connectivity index (χ1n) is 11.1. The number of nitrogens with one attached hydrogen (secondary N) is 1. The lowest BCUT2D eigenvalue weighted by Crippen LogP contribution is -2.37. The van der Waals surface area contributed by atoms with Gasteiger partial charge in [-0.15, -0.1) is 11.3 Å². The molecule has 9 heteroatoms. The summed E-state index contributed by atoms with van der Waals surface area (Å²) < 4.78 is 12.3. The van der Waals surface area contributed by atoms with Crippen LogP contribution in [0.1, 0.15) is 6.42 Å². The minimum Gasteiger partial charge on any atom is -0.439 e. The Morgan fingerprint density at radius 2 is 1.82 bits per heavy atom. The molecule has 6 rings (SSSR count). The molecule has 0 radical (unpaired) electrons. The minimum absolute atomic E-state index is 0.00786. The number of hydrogen-bond donors (Lipinski definition) is 1. The van der Waals surface area contributed by atoms with E-state index in [9.17, 15) is 4.79 Å². The first-order valence-corrected chi connectivity index (χ1v) is 12.0. The van der Waals surface area contributed by atoms with Gasteiger partial charge in [0.1, 0.15) is 10.5 Å². The molecule has 2 saturated heterocycles. The van der Waals surface area contributed by atoms with Gasteiger partial charge in [-0.1, -0.05) is 12.1 Å². The van der Waals surface area contributed by atoms with Crippen molar-refractivity contribution in [3.8, 4) is 11.1 Å². The summed E-state index contributed by atoms with van der Waals surface area (Å²) in [5.74, 6) is 2.13. The van der Waals surface area contributed by atoms with Crippen molar-refractivity contribution >= 4 is 45.0 Å². The molecule has 0 saturated carbocycles. The van der Waals surface area contributed by atoms with Crippen molar-refractivity contribution in [2.45, 2.75) is 6.42 Å². The van der Waals surface area contributed by atoms with Gasteiger partial charge in [-0.3, -0.25) is 4.79 Å². The Balaban J connectivity index is 1.27. The number of ether oxygens (including phenoxy) is 1. The van der Waals surface area contributed by atoms with E-state index in [2.05, 4.69) is 25.1 Å². The number of rotatable bonds is 5. The predicted molar refractivity (Wildman–Crippen MR) is 131 cm³/mol. The van der Waals surface area contributed by atoms with Crippen LogP contribution in [-0.4, -0.2) is 49.4 Å². The third-order valence-electron chi connectivity index (χ3n) is 6.03.